The Kier molecular flexibility index (Phi) is 6.38. The molecule has 3 aromatic rings. The molecule has 0 radical (unpaired) electrons. The first-order valence-electron chi connectivity index (χ1n) is 9.33. The smallest absolute Gasteiger partial charge is 0.469 e. The fraction of sp³-hybridized carbons (Fsp3) is 0.333. The molecule has 0 saturated carbocycles. The van der Waals surface area contributed by atoms with Crippen molar-refractivity contribution in [1.29, 1.82) is 0 Å². The minimum Gasteiger partial charge on any atom is -0.488 e. The number of H-pyrrole nitrogens is 2. The Hall–Kier alpha value is -1.92. The van der Waals surface area contributed by atoms with Crippen LogP contribution >= 0.6 is 35.4 Å². The highest BCUT2D eigenvalue weighted by Gasteiger charge is 2.41. The number of aromatic nitrogens is 3. The molecule has 4 N–H and O–H groups in total. The van der Waals surface area contributed by atoms with Crippen LogP contribution in [0, 0.1) is 6.92 Å². The van der Waals surface area contributed by atoms with Crippen molar-refractivity contribution in [3.05, 3.63) is 60.4 Å². The Labute approximate surface area is 193 Å². The molecule has 0 aliphatic carbocycles. The van der Waals surface area contributed by atoms with Crippen LogP contribution in [0.5, 0.6) is 5.75 Å². The van der Waals surface area contributed by atoms with Crippen LogP contribution in [-0.4, -0.2) is 43.1 Å². The standard InChI is InChI=1S/C18H18BrClN3O8P/c1-8-6-23(18(25)22-17(8)24)14-4-11(31-32(26,27)28)13(30-14)7-29-12-5-21-10-3-2-9(19)16(20)15(10)12/h2-3,5-6,11,13-14,21H,4,7H2,1H3,(H,22,24,25)(H2,26,27,28)/t11-,13+,14+/m0/s1. The summed E-state index contributed by atoms with van der Waals surface area (Å²) >= 11 is 9.72. The van der Waals surface area contributed by atoms with Gasteiger partial charge >= 0.3 is 13.5 Å². The molecule has 1 aliphatic rings. The molecule has 0 amide bonds. The molecule has 1 fully saturated rings. The number of nitrogens with one attached hydrogen (secondary N) is 2. The summed E-state index contributed by atoms with van der Waals surface area (Å²) in [6.45, 7) is 1.38. The molecule has 2 aromatic heterocycles. The molecule has 4 rings (SSSR count). The van der Waals surface area contributed by atoms with E-state index in [0.29, 0.717) is 20.6 Å². The number of aryl methyl sites for hydroxylation is 1. The second-order valence-electron chi connectivity index (χ2n) is 7.23. The Morgan fingerprint density at radius 3 is 2.84 bits per heavy atom. The summed E-state index contributed by atoms with van der Waals surface area (Å²) in [5, 5.41) is 1.05. The minimum absolute atomic E-state index is 0.0509. The van der Waals surface area contributed by atoms with Crippen molar-refractivity contribution < 1.29 is 28.3 Å². The number of halogens is 2. The van der Waals surface area contributed by atoms with Crippen LogP contribution in [0.2, 0.25) is 5.02 Å². The number of benzene rings is 1. The van der Waals surface area contributed by atoms with Gasteiger partial charge < -0.3 is 24.2 Å². The van der Waals surface area contributed by atoms with Crippen LogP contribution in [-0.2, 0) is 13.8 Å². The highest BCUT2D eigenvalue weighted by Crippen LogP contribution is 2.44. The summed E-state index contributed by atoms with van der Waals surface area (Å²) in [6.07, 6.45) is -0.0612. The summed E-state index contributed by atoms with van der Waals surface area (Å²) in [5.74, 6) is 0.408. The number of phosphoric acid groups is 1. The number of phosphoric ester groups is 1. The number of rotatable bonds is 6. The molecule has 1 saturated heterocycles. The van der Waals surface area contributed by atoms with Crippen molar-refractivity contribution in [1.82, 2.24) is 14.5 Å². The fourth-order valence-corrected chi connectivity index (χ4v) is 4.68. The van der Waals surface area contributed by atoms with Crippen molar-refractivity contribution in [3.63, 3.8) is 0 Å². The lowest BCUT2D eigenvalue weighted by atomic mass is 10.2. The number of nitrogens with zero attached hydrogens (tertiary/aromatic N) is 1. The molecular weight excluding hydrogens is 533 g/mol. The van der Waals surface area contributed by atoms with Gasteiger partial charge in [0.05, 0.1) is 15.9 Å². The Morgan fingerprint density at radius 2 is 2.12 bits per heavy atom. The number of aromatic amines is 2. The van der Waals surface area contributed by atoms with Gasteiger partial charge in [-0.25, -0.2) is 9.36 Å². The summed E-state index contributed by atoms with van der Waals surface area (Å²) in [5.41, 5.74) is -0.235. The van der Waals surface area contributed by atoms with E-state index in [0.717, 1.165) is 10.1 Å². The number of hydrogen-bond donors (Lipinski definition) is 4. The largest absolute Gasteiger partial charge is 0.488 e. The number of ether oxygens (including phenoxy) is 2. The SMILES string of the molecule is Cc1cn([C@H]2C[C@H](OP(=O)(O)O)[C@@H](COc3c[nH]c4ccc(Br)c(Cl)c34)O2)c(=O)[nH]c1=O. The zero-order valence-corrected chi connectivity index (χ0v) is 19.7. The highest BCUT2D eigenvalue weighted by atomic mass is 79.9. The first-order chi connectivity index (χ1) is 15.0. The van der Waals surface area contributed by atoms with Crippen molar-refractivity contribution in [2.45, 2.75) is 31.8 Å². The van der Waals surface area contributed by atoms with E-state index in [4.69, 9.17) is 25.6 Å². The molecule has 32 heavy (non-hydrogen) atoms. The first kappa shape index (κ1) is 23.2. The van der Waals surface area contributed by atoms with Gasteiger partial charge in [0.15, 0.2) is 0 Å². The normalized spacial score (nSPS) is 21.3. The fourth-order valence-electron chi connectivity index (χ4n) is 3.52. The molecule has 1 aliphatic heterocycles. The first-order valence-corrected chi connectivity index (χ1v) is 12.0. The Morgan fingerprint density at radius 1 is 1.38 bits per heavy atom. The van der Waals surface area contributed by atoms with Gasteiger partial charge in [0.25, 0.3) is 5.56 Å². The number of hydrogen-bond acceptors (Lipinski definition) is 6. The minimum atomic E-state index is -4.85. The van der Waals surface area contributed by atoms with Gasteiger partial charge in [-0.1, -0.05) is 11.6 Å². The number of fused-ring (bicyclic) bond motifs is 1. The van der Waals surface area contributed by atoms with Crippen LogP contribution in [0.3, 0.4) is 0 Å². The van der Waals surface area contributed by atoms with Crippen molar-refractivity contribution in [3.8, 4) is 5.75 Å². The van der Waals surface area contributed by atoms with E-state index in [9.17, 15) is 23.9 Å². The quantitative estimate of drug-likeness (QED) is 0.341. The summed E-state index contributed by atoms with van der Waals surface area (Å²) in [7, 11) is -4.85. The predicted molar refractivity (Wildman–Crippen MR) is 118 cm³/mol. The summed E-state index contributed by atoms with van der Waals surface area (Å²) < 4.78 is 29.9. The van der Waals surface area contributed by atoms with Gasteiger partial charge in [0.1, 0.15) is 30.8 Å². The van der Waals surface area contributed by atoms with Crippen molar-refractivity contribution >= 4 is 46.3 Å². The lowest BCUT2D eigenvalue weighted by Crippen LogP contribution is -2.33. The maximum absolute atomic E-state index is 12.2. The average Bonchev–Trinajstić information content (AvgIpc) is 3.29. The molecule has 11 nitrogen and oxygen atoms in total. The summed E-state index contributed by atoms with van der Waals surface area (Å²) in [4.78, 5) is 47.7. The zero-order valence-electron chi connectivity index (χ0n) is 16.4. The third kappa shape index (κ3) is 4.72. The molecule has 1 aromatic carbocycles. The van der Waals surface area contributed by atoms with E-state index in [1.807, 2.05) is 6.07 Å². The van der Waals surface area contributed by atoms with Gasteiger partial charge in [0, 0.05) is 28.9 Å². The average molecular weight is 551 g/mol. The van der Waals surface area contributed by atoms with Crippen LogP contribution in [0.25, 0.3) is 10.9 Å². The van der Waals surface area contributed by atoms with E-state index < -0.39 is 37.5 Å². The van der Waals surface area contributed by atoms with Gasteiger partial charge in [-0.2, -0.15) is 0 Å². The van der Waals surface area contributed by atoms with E-state index >= 15 is 0 Å². The van der Waals surface area contributed by atoms with Crippen molar-refractivity contribution in [2.75, 3.05) is 6.61 Å². The molecular formula is C18H18BrClN3O8P. The highest BCUT2D eigenvalue weighted by molar-refractivity contribution is 9.10. The van der Waals surface area contributed by atoms with E-state index in [-0.39, 0.29) is 18.6 Å². The van der Waals surface area contributed by atoms with Gasteiger partial charge in [-0.3, -0.25) is 18.9 Å². The second kappa shape index (κ2) is 8.79. The molecule has 3 heterocycles. The van der Waals surface area contributed by atoms with Crippen molar-refractivity contribution in [2.24, 2.45) is 0 Å². The summed E-state index contributed by atoms with van der Waals surface area (Å²) in [6, 6.07) is 3.59. The van der Waals surface area contributed by atoms with Gasteiger partial charge in [-0.15, -0.1) is 0 Å². The molecule has 172 valence electrons. The third-order valence-electron chi connectivity index (χ3n) is 5.01. The topological polar surface area (TPSA) is 156 Å². The van der Waals surface area contributed by atoms with Crippen LogP contribution in [0.1, 0.15) is 18.2 Å². The van der Waals surface area contributed by atoms with Crippen LogP contribution in [0.4, 0.5) is 0 Å². The van der Waals surface area contributed by atoms with E-state index in [2.05, 4.69) is 25.9 Å². The van der Waals surface area contributed by atoms with Gasteiger partial charge in [-0.05, 0) is 35.0 Å². The Bertz CT molecular complexity index is 1330. The second-order valence-corrected chi connectivity index (χ2v) is 9.65. The van der Waals surface area contributed by atoms with E-state index in [1.165, 1.54) is 13.1 Å². The van der Waals surface area contributed by atoms with Gasteiger partial charge in [0.2, 0.25) is 0 Å². The monoisotopic (exact) mass is 549 g/mol. The van der Waals surface area contributed by atoms with Crippen LogP contribution < -0.4 is 16.0 Å². The maximum Gasteiger partial charge on any atom is 0.469 e. The molecule has 0 bridgehead atoms. The molecule has 14 heteroatoms. The lowest BCUT2D eigenvalue weighted by Gasteiger charge is -2.19. The molecule has 3 atom stereocenters. The predicted octanol–water partition coefficient (Wildman–Crippen LogP) is 2.59. The van der Waals surface area contributed by atoms with Crippen LogP contribution in [0.15, 0.2) is 38.6 Å². The lowest BCUT2D eigenvalue weighted by molar-refractivity contribution is -0.0402. The molecule has 0 unspecified atom stereocenters. The zero-order chi connectivity index (χ0) is 23.2. The Balaban J connectivity index is 1.59. The molecule has 0 spiro atoms. The maximum atomic E-state index is 12.2. The van der Waals surface area contributed by atoms with E-state index in [1.54, 1.807) is 12.3 Å². The third-order valence-corrected chi connectivity index (χ3v) is 6.84.